The van der Waals surface area contributed by atoms with Crippen LogP contribution < -0.4 is 20.1 Å². The highest BCUT2D eigenvalue weighted by Crippen LogP contribution is 2.32. The third kappa shape index (κ3) is 4.32. The van der Waals surface area contributed by atoms with Crippen molar-refractivity contribution in [1.82, 2.24) is 5.32 Å². The Morgan fingerprint density at radius 3 is 2.38 bits per heavy atom. The minimum Gasteiger partial charge on any atom is -0.493 e. The lowest BCUT2D eigenvalue weighted by atomic mass is 9.94. The van der Waals surface area contributed by atoms with Gasteiger partial charge in [-0.3, -0.25) is 0 Å². The molecule has 0 saturated carbocycles. The summed E-state index contributed by atoms with van der Waals surface area (Å²) < 4.78 is 10.6. The number of rotatable bonds is 5. The van der Waals surface area contributed by atoms with Crippen LogP contribution in [0.25, 0.3) is 0 Å². The summed E-state index contributed by atoms with van der Waals surface area (Å²) in [4.78, 5) is 12.3. The van der Waals surface area contributed by atoms with E-state index in [0.29, 0.717) is 22.2 Å². The van der Waals surface area contributed by atoms with Crippen LogP contribution >= 0.6 is 11.6 Å². The van der Waals surface area contributed by atoms with Gasteiger partial charge in [-0.15, -0.1) is 0 Å². The Kier molecular flexibility index (Phi) is 5.57. The Bertz CT molecular complexity index is 732. The molecule has 2 amide bonds. The van der Waals surface area contributed by atoms with Crippen molar-refractivity contribution in [2.75, 3.05) is 19.5 Å². The summed E-state index contributed by atoms with van der Waals surface area (Å²) >= 11 is 5.92. The summed E-state index contributed by atoms with van der Waals surface area (Å²) in [6.07, 6.45) is 0. The van der Waals surface area contributed by atoms with Gasteiger partial charge in [0.2, 0.25) is 0 Å². The van der Waals surface area contributed by atoms with Crippen molar-refractivity contribution in [3.05, 3.63) is 53.1 Å². The van der Waals surface area contributed by atoms with Crippen molar-refractivity contribution in [3.63, 3.8) is 0 Å². The maximum atomic E-state index is 12.3. The van der Waals surface area contributed by atoms with Gasteiger partial charge in [-0.1, -0.05) is 23.7 Å². The number of methoxy groups -OCH3 is 2. The van der Waals surface area contributed by atoms with Gasteiger partial charge < -0.3 is 20.1 Å². The first-order valence-electron chi connectivity index (χ1n) is 7.43. The van der Waals surface area contributed by atoms with E-state index in [0.717, 1.165) is 5.56 Å². The number of hydrogen-bond donors (Lipinski definition) is 2. The van der Waals surface area contributed by atoms with Crippen molar-refractivity contribution < 1.29 is 14.3 Å². The Balaban J connectivity index is 2.13. The largest absolute Gasteiger partial charge is 0.493 e. The molecule has 0 aliphatic rings. The Hall–Kier alpha value is -2.40. The molecule has 0 radical (unpaired) electrons. The van der Waals surface area contributed by atoms with Gasteiger partial charge in [0.15, 0.2) is 11.5 Å². The number of anilines is 1. The highest BCUT2D eigenvalue weighted by molar-refractivity contribution is 6.30. The van der Waals surface area contributed by atoms with E-state index in [9.17, 15) is 4.79 Å². The van der Waals surface area contributed by atoms with Crippen molar-refractivity contribution in [1.29, 1.82) is 0 Å². The van der Waals surface area contributed by atoms with E-state index in [-0.39, 0.29) is 6.03 Å². The van der Waals surface area contributed by atoms with Crippen LogP contribution in [0.2, 0.25) is 5.02 Å². The van der Waals surface area contributed by atoms with E-state index >= 15 is 0 Å². The molecular weight excluding hydrogens is 328 g/mol. The van der Waals surface area contributed by atoms with Crippen molar-refractivity contribution in [3.8, 4) is 11.5 Å². The SMILES string of the molecule is COc1ccc(C(C)(C)NC(=O)Nc2cccc(Cl)c2)cc1OC. The summed E-state index contributed by atoms with van der Waals surface area (Å²) in [6, 6.07) is 12.2. The molecule has 2 aromatic rings. The molecule has 0 bridgehead atoms. The Labute approximate surface area is 146 Å². The average Bonchev–Trinajstić information content (AvgIpc) is 2.53. The second-order valence-electron chi connectivity index (χ2n) is 5.78. The predicted octanol–water partition coefficient (Wildman–Crippen LogP) is 4.41. The third-order valence-corrected chi connectivity index (χ3v) is 3.85. The molecule has 0 fully saturated rings. The molecule has 0 aliphatic carbocycles. The van der Waals surface area contributed by atoms with Crippen LogP contribution in [0.4, 0.5) is 10.5 Å². The van der Waals surface area contributed by atoms with Crippen molar-refractivity contribution in [2.24, 2.45) is 0 Å². The minimum absolute atomic E-state index is 0.322. The van der Waals surface area contributed by atoms with Crippen molar-refractivity contribution in [2.45, 2.75) is 19.4 Å². The first kappa shape index (κ1) is 17.9. The maximum absolute atomic E-state index is 12.3. The van der Waals surface area contributed by atoms with Crippen LogP contribution in [0.5, 0.6) is 11.5 Å². The van der Waals surface area contributed by atoms with Gasteiger partial charge >= 0.3 is 6.03 Å². The number of amides is 2. The summed E-state index contributed by atoms with van der Waals surface area (Å²) in [7, 11) is 3.16. The number of carbonyl (C=O) groups excluding carboxylic acids is 1. The molecule has 128 valence electrons. The molecule has 0 atom stereocenters. The fourth-order valence-corrected chi connectivity index (χ4v) is 2.50. The van der Waals surface area contributed by atoms with Gasteiger partial charge in [0, 0.05) is 10.7 Å². The Morgan fingerprint density at radius 1 is 1.04 bits per heavy atom. The van der Waals surface area contributed by atoms with E-state index in [2.05, 4.69) is 10.6 Å². The van der Waals surface area contributed by atoms with E-state index in [1.54, 1.807) is 38.5 Å². The fourth-order valence-electron chi connectivity index (χ4n) is 2.31. The van der Waals surface area contributed by atoms with E-state index in [4.69, 9.17) is 21.1 Å². The van der Waals surface area contributed by atoms with Crippen LogP contribution in [0.15, 0.2) is 42.5 Å². The quantitative estimate of drug-likeness (QED) is 0.841. The summed E-state index contributed by atoms with van der Waals surface area (Å²) in [5.74, 6) is 1.25. The monoisotopic (exact) mass is 348 g/mol. The maximum Gasteiger partial charge on any atom is 0.319 e. The number of carbonyl (C=O) groups is 1. The van der Waals surface area contributed by atoms with Crippen LogP contribution in [-0.2, 0) is 5.54 Å². The lowest BCUT2D eigenvalue weighted by Gasteiger charge is -2.27. The molecule has 0 unspecified atom stereocenters. The van der Waals surface area contributed by atoms with Gasteiger partial charge in [-0.25, -0.2) is 4.79 Å². The van der Waals surface area contributed by atoms with Crippen molar-refractivity contribution >= 4 is 23.3 Å². The molecule has 0 saturated heterocycles. The lowest BCUT2D eigenvalue weighted by Crippen LogP contribution is -2.43. The number of ether oxygens (including phenoxy) is 2. The molecular formula is C18H21ClN2O3. The van der Waals surface area contributed by atoms with Gasteiger partial charge in [0.25, 0.3) is 0 Å². The zero-order valence-corrected chi connectivity index (χ0v) is 14.9. The van der Waals surface area contributed by atoms with Gasteiger partial charge in [0.1, 0.15) is 0 Å². The molecule has 2 aromatic carbocycles. The molecule has 0 spiro atoms. The van der Waals surface area contributed by atoms with Gasteiger partial charge in [-0.05, 0) is 49.7 Å². The predicted molar refractivity (Wildman–Crippen MR) is 96.2 cm³/mol. The third-order valence-electron chi connectivity index (χ3n) is 3.61. The number of halogens is 1. The van der Waals surface area contributed by atoms with Crippen LogP contribution in [0.3, 0.4) is 0 Å². The first-order chi connectivity index (χ1) is 11.4. The number of urea groups is 1. The molecule has 6 heteroatoms. The zero-order chi connectivity index (χ0) is 17.7. The van der Waals surface area contributed by atoms with Crippen LogP contribution in [-0.4, -0.2) is 20.3 Å². The molecule has 5 nitrogen and oxygen atoms in total. The van der Waals surface area contributed by atoms with Crippen LogP contribution in [0, 0.1) is 0 Å². The summed E-state index contributed by atoms with van der Waals surface area (Å²) in [6.45, 7) is 3.82. The van der Waals surface area contributed by atoms with Gasteiger partial charge in [-0.2, -0.15) is 0 Å². The highest BCUT2D eigenvalue weighted by Gasteiger charge is 2.24. The first-order valence-corrected chi connectivity index (χ1v) is 7.81. The number of nitrogens with one attached hydrogen (secondary N) is 2. The normalized spacial score (nSPS) is 10.9. The van der Waals surface area contributed by atoms with E-state index in [1.807, 2.05) is 32.0 Å². The molecule has 0 aromatic heterocycles. The molecule has 0 aliphatic heterocycles. The topological polar surface area (TPSA) is 59.6 Å². The fraction of sp³-hybridized carbons (Fsp3) is 0.278. The highest BCUT2D eigenvalue weighted by atomic mass is 35.5. The minimum atomic E-state index is -0.609. The second-order valence-corrected chi connectivity index (χ2v) is 6.22. The average molecular weight is 349 g/mol. The second kappa shape index (κ2) is 7.45. The molecule has 2 N–H and O–H groups in total. The summed E-state index contributed by atoms with van der Waals surface area (Å²) in [5, 5.41) is 6.27. The Morgan fingerprint density at radius 2 is 1.75 bits per heavy atom. The van der Waals surface area contributed by atoms with Crippen LogP contribution in [0.1, 0.15) is 19.4 Å². The molecule has 24 heavy (non-hydrogen) atoms. The summed E-state index contributed by atoms with van der Waals surface area (Å²) in [5.41, 5.74) is 0.909. The molecule has 2 rings (SSSR count). The zero-order valence-electron chi connectivity index (χ0n) is 14.1. The van der Waals surface area contributed by atoms with E-state index < -0.39 is 5.54 Å². The number of benzene rings is 2. The lowest BCUT2D eigenvalue weighted by molar-refractivity contribution is 0.241. The number of hydrogen-bond acceptors (Lipinski definition) is 3. The smallest absolute Gasteiger partial charge is 0.319 e. The standard InChI is InChI=1S/C18H21ClN2O3/c1-18(2,12-8-9-15(23-3)16(10-12)24-4)21-17(22)20-14-7-5-6-13(19)11-14/h5-11H,1-4H3,(H2,20,21,22). The van der Waals surface area contributed by atoms with Gasteiger partial charge in [0.05, 0.1) is 19.8 Å². The van der Waals surface area contributed by atoms with E-state index in [1.165, 1.54) is 0 Å². The molecule has 0 heterocycles.